The van der Waals surface area contributed by atoms with Crippen LogP contribution < -0.4 is 16.0 Å². The monoisotopic (exact) mass is 396 g/mol. The third-order valence-corrected chi connectivity index (χ3v) is 4.87. The second kappa shape index (κ2) is 9.05. The molecule has 0 saturated carbocycles. The van der Waals surface area contributed by atoms with Crippen molar-refractivity contribution in [2.75, 3.05) is 24.1 Å². The van der Waals surface area contributed by atoms with E-state index < -0.39 is 0 Å². The van der Waals surface area contributed by atoms with E-state index >= 15 is 0 Å². The van der Waals surface area contributed by atoms with Gasteiger partial charge in [0.1, 0.15) is 5.75 Å². The number of carbonyl (C=O) groups excluding carboxylic acids is 1. The number of nitrogens with one attached hydrogen (secondary N) is 1. The molecule has 28 heavy (non-hydrogen) atoms. The summed E-state index contributed by atoms with van der Waals surface area (Å²) in [6.45, 7) is 1.88. The van der Waals surface area contributed by atoms with Crippen LogP contribution in [0.4, 0.5) is 5.95 Å². The summed E-state index contributed by atoms with van der Waals surface area (Å²) in [7, 11) is 1.58. The molecule has 1 aromatic heterocycles. The molecule has 0 bridgehead atoms. The fourth-order valence-corrected chi connectivity index (χ4v) is 3.07. The summed E-state index contributed by atoms with van der Waals surface area (Å²) in [5.74, 6) is 7.14. The lowest BCUT2D eigenvalue weighted by Crippen LogP contribution is -2.14. The number of hydrogen-bond acceptors (Lipinski definition) is 8. The van der Waals surface area contributed by atoms with Gasteiger partial charge in [-0.15, -0.1) is 10.2 Å². The number of benzene rings is 2. The van der Waals surface area contributed by atoms with Crippen LogP contribution in [-0.2, 0) is 0 Å². The highest BCUT2D eigenvalue weighted by Gasteiger charge is 2.13. The van der Waals surface area contributed by atoms with E-state index in [1.165, 1.54) is 16.4 Å². The predicted octanol–water partition coefficient (Wildman–Crippen LogP) is 2.81. The molecule has 0 fully saturated rings. The zero-order valence-electron chi connectivity index (χ0n) is 15.5. The quantitative estimate of drug-likeness (QED) is 0.198. The molecular weight excluding hydrogens is 376 g/mol. The van der Waals surface area contributed by atoms with Crippen molar-refractivity contribution < 1.29 is 9.53 Å². The van der Waals surface area contributed by atoms with Crippen molar-refractivity contribution in [2.45, 2.75) is 12.1 Å². The van der Waals surface area contributed by atoms with Gasteiger partial charge in [0.15, 0.2) is 5.78 Å². The Morgan fingerprint density at radius 3 is 2.54 bits per heavy atom. The molecule has 0 aliphatic carbocycles. The van der Waals surface area contributed by atoms with Crippen LogP contribution in [0.5, 0.6) is 5.75 Å². The van der Waals surface area contributed by atoms with Gasteiger partial charge < -0.3 is 10.6 Å². The summed E-state index contributed by atoms with van der Waals surface area (Å²) in [5.41, 5.74) is 5.17. The zero-order valence-corrected chi connectivity index (χ0v) is 16.3. The van der Waals surface area contributed by atoms with Gasteiger partial charge in [-0.05, 0) is 36.8 Å². The number of aromatic nitrogens is 3. The Labute approximate surface area is 166 Å². The van der Waals surface area contributed by atoms with E-state index in [0.29, 0.717) is 16.5 Å². The van der Waals surface area contributed by atoms with Crippen LogP contribution in [-0.4, -0.2) is 39.2 Å². The molecule has 0 aliphatic rings. The van der Waals surface area contributed by atoms with E-state index in [2.05, 4.69) is 20.7 Å². The number of carbonyl (C=O) groups is 1. The Balaban J connectivity index is 1.60. The molecule has 3 rings (SSSR count). The number of nitrogens with two attached hydrogens (primary N) is 1. The predicted molar refractivity (Wildman–Crippen MR) is 110 cm³/mol. The Bertz CT molecular complexity index is 970. The normalized spacial score (nSPS) is 11.3. The number of methoxy groups -OCH3 is 1. The van der Waals surface area contributed by atoms with Gasteiger partial charge in [-0.2, -0.15) is 5.10 Å². The molecule has 0 aliphatic heterocycles. The number of hydrazone groups is 1. The zero-order chi connectivity index (χ0) is 19.9. The largest absolute Gasteiger partial charge is 0.497 e. The van der Waals surface area contributed by atoms with Gasteiger partial charge in [-0.25, -0.2) is 10.1 Å². The van der Waals surface area contributed by atoms with Crippen molar-refractivity contribution in [3.63, 3.8) is 0 Å². The molecule has 0 radical (unpaired) electrons. The van der Waals surface area contributed by atoms with Gasteiger partial charge in [0.25, 0.3) is 5.95 Å². The fourth-order valence-electron chi connectivity index (χ4n) is 2.32. The maximum atomic E-state index is 12.3. The number of nitrogen functional groups attached to an aromatic ring is 1. The Hall–Kier alpha value is -3.33. The molecular formula is C19H20N6O2S. The molecule has 2 aromatic carbocycles. The van der Waals surface area contributed by atoms with Crippen molar-refractivity contribution in [1.29, 1.82) is 0 Å². The molecule has 0 saturated heterocycles. The first kappa shape index (κ1) is 19.4. The molecule has 1 heterocycles. The topological polar surface area (TPSA) is 107 Å². The van der Waals surface area contributed by atoms with Crippen molar-refractivity contribution in [1.82, 2.24) is 14.9 Å². The third-order valence-electron chi connectivity index (χ3n) is 3.92. The van der Waals surface area contributed by atoms with Crippen LogP contribution in [0.2, 0.25) is 0 Å². The summed E-state index contributed by atoms with van der Waals surface area (Å²) in [6, 6.07) is 16.7. The number of thioether (sulfide) groups is 1. The van der Waals surface area contributed by atoms with Crippen LogP contribution >= 0.6 is 11.8 Å². The van der Waals surface area contributed by atoms with E-state index in [9.17, 15) is 4.79 Å². The van der Waals surface area contributed by atoms with Crippen molar-refractivity contribution in [3.8, 4) is 5.75 Å². The van der Waals surface area contributed by atoms with Gasteiger partial charge in [-0.3, -0.25) is 4.79 Å². The van der Waals surface area contributed by atoms with E-state index in [1.54, 1.807) is 31.4 Å². The fraction of sp³-hybridized carbons (Fsp3) is 0.158. The summed E-state index contributed by atoms with van der Waals surface area (Å²) in [5, 5.41) is 12.7. The lowest BCUT2D eigenvalue weighted by molar-refractivity contribution is 0.102. The highest BCUT2D eigenvalue weighted by molar-refractivity contribution is 7.99. The minimum absolute atomic E-state index is 0.0388. The number of hydrogen-bond donors (Lipinski definition) is 2. The number of Topliss-reactive ketones (excluding diaryl/α,β-unsaturated/α-hetero) is 1. The van der Waals surface area contributed by atoms with Crippen molar-refractivity contribution in [2.24, 2.45) is 5.10 Å². The third kappa shape index (κ3) is 4.68. The molecule has 0 atom stereocenters. The Kier molecular flexibility index (Phi) is 6.28. The van der Waals surface area contributed by atoms with Crippen LogP contribution in [0.15, 0.2) is 64.9 Å². The molecule has 0 unspecified atom stereocenters. The van der Waals surface area contributed by atoms with Gasteiger partial charge in [0.2, 0.25) is 5.16 Å². The number of anilines is 1. The van der Waals surface area contributed by atoms with Crippen LogP contribution in [0.25, 0.3) is 0 Å². The molecule has 3 aromatic rings. The summed E-state index contributed by atoms with van der Waals surface area (Å²) in [4.78, 5) is 12.3. The van der Waals surface area contributed by atoms with Crippen LogP contribution in [0.3, 0.4) is 0 Å². The molecule has 8 nitrogen and oxygen atoms in total. The van der Waals surface area contributed by atoms with Crippen LogP contribution in [0.1, 0.15) is 22.8 Å². The minimum Gasteiger partial charge on any atom is -0.497 e. The van der Waals surface area contributed by atoms with E-state index in [4.69, 9.17) is 10.6 Å². The number of ketones is 1. The second-order valence-electron chi connectivity index (χ2n) is 5.79. The first-order valence-electron chi connectivity index (χ1n) is 8.44. The van der Waals surface area contributed by atoms with E-state index in [0.717, 1.165) is 11.3 Å². The van der Waals surface area contributed by atoms with Gasteiger partial charge in [-0.1, -0.05) is 42.1 Å². The summed E-state index contributed by atoms with van der Waals surface area (Å²) < 4.78 is 6.36. The number of rotatable bonds is 8. The molecule has 0 spiro atoms. The van der Waals surface area contributed by atoms with Crippen molar-refractivity contribution >= 4 is 29.2 Å². The van der Waals surface area contributed by atoms with E-state index in [-0.39, 0.29) is 17.5 Å². The smallest absolute Gasteiger partial charge is 0.264 e. The number of ether oxygens (including phenoxy) is 1. The maximum absolute atomic E-state index is 12.3. The Morgan fingerprint density at radius 2 is 1.86 bits per heavy atom. The molecule has 144 valence electrons. The molecule has 3 N–H and O–H groups in total. The lowest BCUT2D eigenvalue weighted by Gasteiger charge is -2.05. The van der Waals surface area contributed by atoms with Gasteiger partial charge >= 0.3 is 0 Å². The van der Waals surface area contributed by atoms with E-state index in [1.807, 2.05) is 37.3 Å². The van der Waals surface area contributed by atoms with Gasteiger partial charge in [0.05, 0.1) is 18.6 Å². The molecule has 9 heteroatoms. The SMILES string of the molecule is COc1ccc(C(=O)CSc2nnc(N/N=C(\C)c3ccccc3)n2N)cc1. The Morgan fingerprint density at radius 1 is 1.14 bits per heavy atom. The minimum atomic E-state index is -0.0388. The van der Waals surface area contributed by atoms with Crippen molar-refractivity contribution in [3.05, 3.63) is 65.7 Å². The highest BCUT2D eigenvalue weighted by Crippen LogP contribution is 2.19. The van der Waals surface area contributed by atoms with Crippen LogP contribution in [0, 0.1) is 0 Å². The maximum Gasteiger partial charge on any atom is 0.264 e. The standard InChI is InChI=1S/C19H20N6O2S/c1-13(14-6-4-3-5-7-14)21-22-18-23-24-19(25(18)20)28-12-17(26)15-8-10-16(27-2)11-9-15/h3-11H,12,20H2,1-2H3,(H,22,23)/b21-13+. The van der Waals surface area contributed by atoms with Gasteiger partial charge in [0, 0.05) is 5.56 Å². The molecule has 0 amide bonds. The highest BCUT2D eigenvalue weighted by atomic mass is 32.2. The average molecular weight is 396 g/mol. The number of nitrogens with zero attached hydrogens (tertiary/aromatic N) is 4. The first-order chi connectivity index (χ1) is 13.6. The first-order valence-corrected chi connectivity index (χ1v) is 9.43. The lowest BCUT2D eigenvalue weighted by atomic mass is 10.1. The second-order valence-corrected chi connectivity index (χ2v) is 6.73. The summed E-state index contributed by atoms with van der Waals surface area (Å²) >= 11 is 1.21. The summed E-state index contributed by atoms with van der Waals surface area (Å²) in [6.07, 6.45) is 0. The average Bonchev–Trinajstić information content (AvgIpc) is 3.10.